The molecule has 2 saturated carbocycles. The van der Waals surface area contributed by atoms with Gasteiger partial charge in [-0.25, -0.2) is 4.79 Å². The van der Waals surface area contributed by atoms with Crippen molar-refractivity contribution in [1.82, 2.24) is 0 Å². The van der Waals surface area contributed by atoms with Gasteiger partial charge in [0.25, 0.3) is 0 Å². The molecule has 100 valence electrons. The quantitative estimate of drug-likeness (QED) is 0.585. The molecular formula is C15H22O3. The summed E-state index contributed by atoms with van der Waals surface area (Å²) in [7, 11) is 0. The van der Waals surface area contributed by atoms with E-state index in [9.17, 15) is 9.90 Å². The number of carboxylic acid groups (broad SMARTS) is 1. The normalized spacial score (nSPS) is 40.1. The molecule has 0 aromatic heterocycles. The van der Waals surface area contributed by atoms with Crippen molar-refractivity contribution in [2.45, 2.75) is 45.1 Å². The van der Waals surface area contributed by atoms with Gasteiger partial charge >= 0.3 is 5.97 Å². The maximum atomic E-state index is 11.0. The molecule has 4 atom stereocenters. The average Bonchev–Trinajstić information content (AvgIpc) is 2.33. The van der Waals surface area contributed by atoms with Crippen LogP contribution in [0.25, 0.3) is 0 Å². The maximum absolute atomic E-state index is 11.0. The minimum atomic E-state index is -0.898. The van der Waals surface area contributed by atoms with Crippen molar-refractivity contribution in [2.75, 3.05) is 0 Å². The van der Waals surface area contributed by atoms with E-state index in [1.807, 2.05) is 0 Å². The Hall–Kier alpha value is -1.09. The van der Waals surface area contributed by atoms with Gasteiger partial charge in [0.15, 0.2) is 0 Å². The fourth-order valence-electron chi connectivity index (χ4n) is 3.64. The van der Waals surface area contributed by atoms with E-state index in [4.69, 9.17) is 5.11 Å². The van der Waals surface area contributed by atoms with Crippen molar-refractivity contribution >= 4 is 5.97 Å². The molecule has 2 fully saturated rings. The standard InChI is InChI=1S/C15H22O3/c1-9(14(17)18)11-4-6-15(3)7-5-13(16)10(2)12(15)8-11/h11-13,16H,1-2,4-8H2,3H3,(H,17,18)/t11-,12+,13+,15+/m0/s1. The lowest BCUT2D eigenvalue weighted by Crippen LogP contribution is -2.43. The van der Waals surface area contributed by atoms with Gasteiger partial charge in [0.2, 0.25) is 0 Å². The molecular weight excluding hydrogens is 228 g/mol. The molecule has 0 aromatic rings. The van der Waals surface area contributed by atoms with Crippen LogP contribution in [0.3, 0.4) is 0 Å². The third kappa shape index (κ3) is 2.12. The van der Waals surface area contributed by atoms with Crippen LogP contribution in [-0.2, 0) is 4.79 Å². The van der Waals surface area contributed by atoms with Gasteiger partial charge in [-0.1, -0.05) is 20.1 Å². The molecule has 0 radical (unpaired) electrons. The van der Waals surface area contributed by atoms with Gasteiger partial charge in [0.1, 0.15) is 0 Å². The summed E-state index contributed by atoms with van der Waals surface area (Å²) in [6.07, 6.45) is 4.04. The molecule has 0 aromatic carbocycles. The predicted molar refractivity (Wildman–Crippen MR) is 70.1 cm³/mol. The summed E-state index contributed by atoms with van der Waals surface area (Å²) in [4.78, 5) is 11.0. The topological polar surface area (TPSA) is 57.5 Å². The van der Waals surface area contributed by atoms with Crippen LogP contribution in [0.15, 0.2) is 24.3 Å². The number of aliphatic carboxylic acids is 1. The van der Waals surface area contributed by atoms with E-state index in [1.54, 1.807) is 0 Å². The molecule has 0 amide bonds. The summed E-state index contributed by atoms with van der Waals surface area (Å²) < 4.78 is 0. The molecule has 0 heterocycles. The zero-order valence-electron chi connectivity index (χ0n) is 11.0. The van der Waals surface area contributed by atoms with E-state index in [0.717, 1.165) is 37.7 Å². The number of hydrogen-bond acceptors (Lipinski definition) is 2. The zero-order valence-corrected chi connectivity index (χ0v) is 11.0. The monoisotopic (exact) mass is 250 g/mol. The van der Waals surface area contributed by atoms with E-state index in [2.05, 4.69) is 20.1 Å². The van der Waals surface area contributed by atoms with Crippen LogP contribution in [0.5, 0.6) is 0 Å². The number of rotatable bonds is 2. The summed E-state index contributed by atoms with van der Waals surface area (Å²) in [6, 6.07) is 0. The van der Waals surface area contributed by atoms with Gasteiger partial charge in [0.05, 0.1) is 6.10 Å². The molecule has 2 aliphatic rings. The summed E-state index contributed by atoms with van der Waals surface area (Å²) in [5.41, 5.74) is 1.39. The van der Waals surface area contributed by atoms with Gasteiger partial charge in [-0.3, -0.25) is 0 Å². The second-order valence-corrected chi connectivity index (χ2v) is 6.14. The molecule has 0 unspecified atom stereocenters. The first-order valence-corrected chi connectivity index (χ1v) is 6.64. The van der Waals surface area contributed by atoms with Crippen molar-refractivity contribution in [3.05, 3.63) is 24.3 Å². The molecule has 0 bridgehead atoms. The highest BCUT2D eigenvalue weighted by Crippen LogP contribution is 2.54. The van der Waals surface area contributed by atoms with Gasteiger partial charge < -0.3 is 10.2 Å². The van der Waals surface area contributed by atoms with E-state index in [0.29, 0.717) is 5.57 Å². The Bertz CT molecular complexity index is 399. The van der Waals surface area contributed by atoms with E-state index in [-0.39, 0.29) is 17.3 Å². The lowest BCUT2D eigenvalue weighted by molar-refractivity contribution is -0.133. The summed E-state index contributed by atoms with van der Waals surface area (Å²) in [6.45, 7) is 9.97. The molecule has 2 aliphatic carbocycles. The Morgan fingerprint density at radius 1 is 1.39 bits per heavy atom. The molecule has 18 heavy (non-hydrogen) atoms. The second-order valence-electron chi connectivity index (χ2n) is 6.14. The van der Waals surface area contributed by atoms with Crippen LogP contribution in [0.2, 0.25) is 0 Å². The SMILES string of the molecule is C=C(C(=O)O)[C@H]1CC[C@]2(C)CC[C@@H](O)C(=C)[C@H]2C1. The largest absolute Gasteiger partial charge is 0.478 e. The van der Waals surface area contributed by atoms with E-state index in [1.165, 1.54) is 0 Å². The third-order valence-corrected chi connectivity index (χ3v) is 5.06. The van der Waals surface area contributed by atoms with Gasteiger partial charge in [0, 0.05) is 5.57 Å². The van der Waals surface area contributed by atoms with E-state index >= 15 is 0 Å². The third-order valence-electron chi connectivity index (χ3n) is 5.06. The highest BCUT2D eigenvalue weighted by Gasteiger charge is 2.46. The van der Waals surface area contributed by atoms with Crippen LogP contribution < -0.4 is 0 Å². The Morgan fingerprint density at radius 2 is 2.00 bits per heavy atom. The smallest absolute Gasteiger partial charge is 0.331 e. The summed E-state index contributed by atoms with van der Waals surface area (Å²) >= 11 is 0. The molecule has 0 spiro atoms. The number of aliphatic hydroxyl groups is 1. The number of carbonyl (C=O) groups is 1. The van der Waals surface area contributed by atoms with Crippen molar-refractivity contribution < 1.29 is 15.0 Å². The van der Waals surface area contributed by atoms with Crippen LogP contribution in [0, 0.1) is 17.3 Å². The van der Waals surface area contributed by atoms with Crippen LogP contribution in [-0.4, -0.2) is 22.3 Å². The van der Waals surface area contributed by atoms with Gasteiger partial charge in [-0.15, -0.1) is 0 Å². The maximum Gasteiger partial charge on any atom is 0.331 e. The van der Waals surface area contributed by atoms with Gasteiger partial charge in [-0.2, -0.15) is 0 Å². The van der Waals surface area contributed by atoms with Crippen molar-refractivity contribution in [3.63, 3.8) is 0 Å². The molecule has 3 heteroatoms. The lowest BCUT2D eigenvalue weighted by Gasteiger charge is -2.50. The molecule has 2 N–H and O–H groups in total. The van der Waals surface area contributed by atoms with Crippen molar-refractivity contribution in [2.24, 2.45) is 17.3 Å². The van der Waals surface area contributed by atoms with Crippen molar-refractivity contribution in [1.29, 1.82) is 0 Å². The first kappa shape index (κ1) is 13.3. The van der Waals surface area contributed by atoms with Crippen molar-refractivity contribution in [3.8, 4) is 0 Å². The highest BCUT2D eigenvalue weighted by molar-refractivity contribution is 5.86. The molecule has 2 rings (SSSR count). The number of fused-ring (bicyclic) bond motifs is 1. The number of hydrogen-bond donors (Lipinski definition) is 2. The minimum absolute atomic E-state index is 0.0302. The Kier molecular flexibility index (Phi) is 3.37. The zero-order chi connectivity index (χ0) is 13.5. The van der Waals surface area contributed by atoms with Gasteiger partial charge in [-0.05, 0) is 54.9 Å². The molecule has 0 saturated heterocycles. The number of carboxylic acids is 1. The van der Waals surface area contributed by atoms with E-state index < -0.39 is 12.1 Å². The minimum Gasteiger partial charge on any atom is -0.478 e. The first-order valence-electron chi connectivity index (χ1n) is 6.64. The molecule has 0 aliphatic heterocycles. The average molecular weight is 250 g/mol. The molecule has 3 nitrogen and oxygen atoms in total. The fraction of sp³-hybridized carbons (Fsp3) is 0.667. The van der Waals surface area contributed by atoms with Crippen LogP contribution >= 0.6 is 0 Å². The van der Waals surface area contributed by atoms with Crippen LogP contribution in [0.1, 0.15) is 39.0 Å². The first-order chi connectivity index (χ1) is 8.35. The lowest BCUT2D eigenvalue weighted by atomic mass is 9.55. The Labute approximate surface area is 108 Å². The fourth-order valence-corrected chi connectivity index (χ4v) is 3.64. The highest BCUT2D eigenvalue weighted by atomic mass is 16.4. The van der Waals surface area contributed by atoms with Crippen LogP contribution in [0.4, 0.5) is 0 Å². The summed E-state index contributed by atoms with van der Waals surface area (Å²) in [5, 5.41) is 19.0. The Morgan fingerprint density at radius 3 is 2.61 bits per heavy atom. The number of aliphatic hydroxyl groups excluding tert-OH is 1. The summed E-state index contributed by atoms with van der Waals surface area (Å²) in [5.74, 6) is -0.635. The predicted octanol–water partition coefficient (Wildman–Crippen LogP) is 2.76. The second kappa shape index (κ2) is 4.54. The Balaban J connectivity index is 2.17.